The van der Waals surface area contributed by atoms with Crippen LogP contribution >= 0.6 is 11.3 Å². The number of ether oxygens (including phenoxy) is 2. The summed E-state index contributed by atoms with van der Waals surface area (Å²) in [5, 5.41) is 1.98. The van der Waals surface area contributed by atoms with Crippen LogP contribution in [0.5, 0.6) is 11.5 Å². The molecule has 0 radical (unpaired) electrons. The zero-order valence-corrected chi connectivity index (χ0v) is 15.6. The Morgan fingerprint density at radius 1 is 1.21 bits per heavy atom. The lowest BCUT2D eigenvalue weighted by Crippen LogP contribution is -2.29. The molecule has 0 spiro atoms. The van der Waals surface area contributed by atoms with E-state index < -0.39 is 10.0 Å². The van der Waals surface area contributed by atoms with Crippen molar-refractivity contribution in [1.29, 1.82) is 0 Å². The first kappa shape index (κ1) is 17.3. The maximum absolute atomic E-state index is 12.4. The van der Waals surface area contributed by atoms with E-state index in [0.717, 1.165) is 21.9 Å². The fourth-order valence-corrected chi connectivity index (χ4v) is 5.04. The van der Waals surface area contributed by atoms with E-state index >= 15 is 0 Å². The van der Waals surface area contributed by atoms with Gasteiger partial charge in [-0.2, -0.15) is 0 Å². The van der Waals surface area contributed by atoms with Gasteiger partial charge in [0.05, 0.1) is 5.75 Å². The van der Waals surface area contributed by atoms with Crippen LogP contribution in [0.25, 0.3) is 0 Å². The monoisotopic (exact) mass is 367 g/mol. The summed E-state index contributed by atoms with van der Waals surface area (Å²) in [4.78, 5) is 1.07. The Morgan fingerprint density at radius 2 is 1.96 bits per heavy atom. The van der Waals surface area contributed by atoms with Crippen LogP contribution in [0.4, 0.5) is 0 Å². The van der Waals surface area contributed by atoms with Crippen molar-refractivity contribution in [2.24, 2.45) is 0 Å². The summed E-state index contributed by atoms with van der Waals surface area (Å²) in [5.41, 5.74) is 1.05. The summed E-state index contributed by atoms with van der Waals surface area (Å²) < 4.78 is 37.0. The van der Waals surface area contributed by atoms with E-state index in [4.69, 9.17) is 9.47 Å². The zero-order valence-electron chi connectivity index (χ0n) is 13.9. The third kappa shape index (κ3) is 3.43. The topological polar surface area (TPSA) is 55.8 Å². The molecule has 1 aromatic heterocycles. The highest BCUT2D eigenvalue weighted by Gasteiger charge is 2.29. The fraction of sp³-hybridized carbons (Fsp3) is 0.412. The maximum Gasteiger partial charge on any atom is 0.231 e. The second-order valence-corrected chi connectivity index (χ2v) is 9.29. The molecule has 0 aliphatic carbocycles. The highest BCUT2D eigenvalue weighted by atomic mass is 32.2. The van der Waals surface area contributed by atoms with Crippen LogP contribution in [-0.4, -0.2) is 39.4 Å². The summed E-state index contributed by atoms with van der Waals surface area (Å²) in [5.74, 6) is 1.46. The fourth-order valence-electron chi connectivity index (χ4n) is 2.78. The van der Waals surface area contributed by atoms with Gasteiger partial charge >= 0.3 is 0 Å². The molecule has 1 aliphatic rings. The Morgan fingerprint density at radius 3 is 2.62 bits per heavy atom. The van der Waals surface area contributed by atoms with Crippen molar-refractivity contribution in [3.63, 3.8) is 0 Å². The Labute approximate surface area is 146 Å². The van der Waals surface area contributed by atoms with Crippen molar-refractivity contribution >= 4 is 21.4 Å². The average molecular weight is 367 g/mol. The third-order valence-electron chi connectivity index (χ3n) is 4.38. The van der Waals surface area contributed by atoms with Gasteiger partial charge in [-0.3, -0.25) is 0 Å². The summed E-state index contributed by atoms with van der Waals surface area (Å²) in [6, 6.07) is 9.79. The first-order valence-electron chi connectivity index (χ1n) is 7.71. The predicted octanol–water partition coefficient (Wildman–Crippen LogP) is 3.26. The van der Waals surface area contributed by atoms with Crippen LogP contribution in [0.3, 0.4) is 0 Å². The van der Waals surface area contributed by atoms with Gasteiger partial charge in [0.1, 0.15) is 0 Å². The molecule has 130 valence electrons. The first-order chi connectivity index (χ1) is 11.4. The van der Waals surface area contributed by atoms with Crippen molar-refractivity contribution in [3.05, 3.63) is 46.2 Å². The Balaban J connectivity index is 1.93. The zero-order chi connectivity index (χ0) is 17.3. The summed E-state index contributed by atoms with van der Waals surface area (Å²) in [6.07, 6.45) is 0. The highest BCUT2D eigenvalue weighted by molar-refractivity contribution is 7.89. The standard InChI is InChI=1S/C17H21NO4S2/c1-12(13-6-7-15-16(9-13)22-11-21-15)14(17-5-4-8-23-17)10-24(19,20)18(2)3/h4-9,12,14H,10-11H2,1-3H3. The van der Waals surface area contributed by atoms with Crippen LogP contribution in [-0.2, 0) is 10.0 Å². The van der Waals surface area contributed by atoms with Crippen molar-refractivity contribution in [2.45, 2.75) is 18.8 Å². The average Bonchev–Trinajstić information content (AvgIpc) is 3.22. The van der Waals surface area contributed by atoms with Crippen molar-refractivity contribution in [3.8, 4) is 11.5 Å². The summed E-state index contributed by atoms with van der Waals surface area (Å²) >= 11 is 1.59. The number of rotatable bonds is 6. The number of hydrogen-bond donors (Lipinski definition) is 0. The van der Waals surface area contributed by atoms with E-state index in [9.17, 15) is 8.42 Å². The third-order valence-corrected chi connectivity index (χ3v) is 7.28. The molecule has 0 amide bonds. The summed E-state index contributed by atoms with van der Waals surface area (Å²) in [6.45, 7) is 2.30. The molecule has 3 rings (SSSR count). The Hall–Kier alpha value is -1.57. The predicted molar refractivity (Wildman–Crippen MR) is 95.5 cm³/mol. The van der Waals surface area contributed by atoms with Crippen molar-refractivity contribution in [1.82, 2.24) is 4.31 Å². The molecule has 2 atom stereocenters. The van der Waals surface area contributed by atoms with E-state index in [1.165, 1.54) is 4.31 Å². The van der Waals surface area contributed by atoms with Crippen LogP contribution in [0, 0.1) is 0 Å². The molecular weight excluding hydrogens is 346 g/mol. The van der Waals surface area contributed by atoms with Gasteiger partial charge < -0.3 is 9.47 Å². The molecule has 0 fully saturated rings. The molecule has 2 aromatic rings. The smallest absolute Gasteiger partial charge is 0.231 e. The van der Waals surface area contributed by atoms with Gasteiger partial charge in [-0.25, -0.2) is 12.7 Å². The van der Waals surface area contributed by atoms with E-state index in [-0.39, 0.29) is 24.4 Å². The SMILES string of the molecule is CC(c1ccc2c(c1)OCO2)C(CS(=O)(=O)N(C)C)c1cccs1. The van der Waals surface area contributed by atoms with E-state index in [1.807, 2.05) is 35.7 Å². The minimum Gasteiger partial charge on any atom is -0.454 e. The number of fused-ring (bicyclic) bond motifs is 1. The summed E-state index contributed by atoms with van der Waals surface area (Å²) in [7, 11) is -0.153. The molecule has 0 saturated carbocycles. The van der Waals surface area contributed by atoms with E-state index in [1.54, 1.807) is 25.4 Å². The molecule has 0 saturated heterocycles. The molecular formula is C17H21NO4S2. The Kier molecular flexibility index (Phi) is 4.85. The Bertz CT molecular complexity index is 800. The normalized spacial score (nSPS) is 16.3. The molecule has 24 heavy (non-hydrogen) atoms. The van der Waals surface area contributed by atoms with Crippen LogP contribution < -0.4 is 9.47 Å². The van der Waals surface area contributed by atoms with E-state index in [0.29, 0.717) is 0 Å². The van der Waals surface area contributed by atoms with Gasteiger partial charge in [-0.15, -0.1) is 11.3 Å². The lowest BCUT2D eigenvalue weighted by atomic mass is 9.87. The first-order valence-corrected chi connectivity index (χ1v) is 10.2. The van der Waals surface area contributed by atoms with Crippen molar-refractivity contribution in [2.75, 3.05) is 26.6 Å². The molecule has 0 N–H and O–H groups in total. The van der Waals surface area contributed by atoms with Gasteiger partial charge in [0.25, 0.3) is 0 Å². The number of benzene rings is 1. The van der Waals surface area contributed by atoms with E-state index in [2.05, 4.69) is 6.92 Å². The van der Waals surface area contributed by atoms with Gasteiger partial charge in [0.15, 0.2) is 11.5 Å². The van der Waals surface area contributed by atoms with Crippen LogP contribution in [0.15, 0.2) is 35.7 Å². The quantitative estimate of drug-likeness (QED) is 0.786. The second kappa shape index (κ2) is 6.74. The van der Waals surface area contributed by atoms with Gasteiger partial charge in [0.2, 0.25) is 16.8 Å². The number of thiophene rings is 1. The van der Waals surface area contributed by atoms with Gasteiger partial charge in [-0.1, -0.05) is 19.1 Å². The van der Waals surface area contributed by atoms with Crippen molar-refractivity contribution < 1.29 is 17.9 Å². The molecule has 1 aromatic carbocycles. The second-order valence-electron chi connectivity index (χ2n) is 6.08. The maximum atomic E-state index is 12.4. The van der Waals surface area contributed by atoms with Gasteiger partial charge in [0, 0.05) is 24.9 Å². The van der Waals surface area contributed by atoms with Crippen LogP contribution in [0.1, 0.15) is 29.2 Å². The number of nitrogens with zero attached hydrogens (tertiary/aromatic N) is 1. The number of hydrogen-bond acceptors (Lipinski definition) is 5. The molecule has 7 heteroatoms. The lowest BCUT2D eigenvalue weighted by Gasteiger charge is -2.25. The highest BCUT2D eigenvalue weighted by Crippen LogP contribution is 2.40. The van der Waals surface area contributed by atoms with Crippen LogP contribution in [0.2, 0.25) is 0 Å². The minimum atomic E-state index is -3.30. The largest absolute Gasteiger partial charge is 0.454 e. The number of sulfonamides is 1. The molecule has 0 bridgehead atoms. The van der Waals surface area contributed by atoms with Gasteiger partial charge in [-0.05, 0) is 35.1 Å². The molecule has 1 aliphatic heterocycles. The molecule has 2 heterocycles. The molecule has 2 unspecified atom stereocenters. The minimum absolute atomic E-state index is 0.0351. The molecule has 5 nitrogen and oxygen atoms in total. The lowest BCUT2D eigenvalue weighted by molar-refractivity contribution is 0.174.